The number of hydrogen-bond acceptors (Lipinski definition) is 5. The number of hydrogen-bond donors (Lipinski definition) is 0. The minimum Gasteiger partial charge on any atom is -0.370 e. The molecule has 1 aliphatic rings. The third kappa shape index (κ3) is 4.52. The molecule has 0 fully saturated rings. The third-order valence-electron chi connectivity index (χ3n) is 6.19. The monoisotopic (exact) mass is 476 g/mol. The van der Waals surface area contributed by atoms with Gasteiger partial charge in [-0.3, -0.25) is 9.36 Å². The zero-order valence-corrected chi connectivity index (χ0v) is 21.1. The smallest absolute Gasteiger partial charge is 0.263 e. The van der Waals surface area contributed by atoms with Crippen molar-refractivity contribution in [1.82, 2.24) is 9.55 Å². The van der Waals surface area contributed by atoms with Crippen LogP contribution in [0, 0.1) is 13.8 Å². The van der Waals surface area contributed by atoms with Crippen LogP contribution in [0.1, 0.15) is 46.5 Å². The number of ether oxygens (including phenoxy) is 1. The second kappa shape index (κ2) is 8.75. The molecule has 0 radical (unpaired) electrons. The van der Waals surface area contributed by atoms with Crippen molar-refractivity contribution in [2.24, 2.45) is 0 Å². The van der Waals surface area contributed by atoms with Gasteiger partial charge >= 0.3 is 0 Å². The Morgan fingerprint density at radius 2 is 1.94 bits per heavy atom. The maximum Gasteiger partial charge on any atom is 0.263 e. The molecule has 3 heterocycles. The van der Waals surface area contributed by atoms with Crippen LogP contribution >= 0.6 is 23.1 Å². The SMILES string of the molecule is Cc1ccc(CSc2nc3sc4c(c3c(=O)n2Cc2ccccc2)CC(C)(C)OC4)c(C)c1. The number of rotatable bonds is 5. The zero-order valence-electron chi connectivity index (χ0n) is 19.5. The molecule has 6 heteroatoms. The first-order valence-electron chi connectivity index (χ1n) is 11.2. The number of aromatic nitrogens is 2. The second-order valence-electron chi connectivity index (χ2n) is 9.40. The molecule has 0 bridgehead atoms. The van der Waals surface area contributed by atoms with E-state index in [0.717, 1.165) is 43.6 Å². The Bertz CT molecular complexity index is 1390. The first-order valence-corrected chi connectivity index (χ1v) is 13.0. The molecule has 1 aliphatic heterocycles. The van der Waals surface area contributed by atoms with Crippen molar-refractivity contribution < 1.29 is 4.74 Å². The van der Waals surface area contributed by atoms with Crippen LogP contribution in [-0.2, 0) is 30.1 Å². The molecule has 0 aliphatic carbocycles. The number of fused-ring (bicyclic) bond motifs is 3. The molecule has 0 N–H and O–H groups in total. The van der Waals surface area contributed by atoms with E-state index >= 15 is 0 Å². The number of aryl methyl sites for hydroxylation is 2. The fraction of sp³-hybridized carbons (Fsp3) is 0.333. The van der Waals surface area contributed by atoms with Crippen molar-refractivity contribution in [2.45, 2.75) is 63.8 Å². The van der Waals surface area contributed by atoms with E-state index in [9.17, 15) is 4.79 Å². The lowest BCUT2D eigenvalue weighted by atomic mass is 9.94. The summed E-state index contributed by atoms with van der Waals surface area (Å²) in [4.78, 5) is 20.9. The molecule has 33 heavy (non-hydrogen) atoms. The second-order valence-corrected chi connectivity index (χ2v) is 11.4. The molecule has 0 saturated heterocycles. The minimum atomic E-state index is -0.270. The van der Waals surface area contributed by atoms with Crippen molar-refractivity contribution in [3.8, 4) is 0 Å². The summed E-state index contributed by atoms with van der Waals surface area (Å²) < 4.78 is 7.88. The number of nitrogens with zero attached hydrogens (tertiary/aromatic N) is 2. The number of thioether (sulfide) groups is 1. The Morgan fingerprint density at radius 1 is 1.15 bits per heavy atom. The highest BCUT2D eigenvalue weighted by Crippen LogP contribution is 2.38. The Balaban J connectivity index is 1.60. The molecule has 2 aromatic carbocycles. The maximum atomic E-state index is 13.9. The van der Waals surface area contributed by atoms with Gasteiger partial charge in [-0.25, -0.2) is 4.98 Å². The maximum absolute atomic E-state index is 13.9. The number of thiophene rings is 1. The average Bonchev–Trinajstić information content (AvgIpc) is 3.12. The van der Waals surface area contributed by atoms with Gasteiger partial charge in [0.15, 0.2) is 5.16 Å². The quantitative estimate of drug-likeness (QED) is 0.252. The van der Waals surface area contributed by atoms with E-state index in [1.54, 1.807) is 23.1 Å². The molecule has 0 atom stereocenters. The summed E-state index contributed by atoms with van der Waals surface area (Å²) in [5, 5.41) is 1.55. The van der Waals surface area contributed by atoms with Crippen molar-refractivity contribution in [2.75, 3.05) is 0 Å². The van der Waals surface area contributed by atoms with Crippen LogP contribution in [0.5, 0.6) is 0 Å². The zero-order chi connectivity index (χ0) is 23.2. The van der Waals surface area contributed by atoms with E-state index in [2.05, 4.69) is 58.0 Å². The summed E-state index contributed by atoms with van der Waals surface area (Å²) in [6.07, 6.45) is 0.736. The average molecular weight is 477 g/mol. The predicted octanol–water partition coefficient (Wildman–Crippen LogP) is 6.27. The van der Waals surface area contributed by atoms with Crippen LogP contribution in [0.3, 0.4) is 0 Å². The highest BCUT2D eigenvalue weighted by atomic mass is 32.2. The van der Waals surface area contributed by atoms with Gasteiger partial charge in [-0.05, 0) is 49.9 Å². The van der Waals surface area contributed by atoms with Gasteiger partial charge in [0.1, 0.15) is 4.83 Å². The Hall–Kier alpha value is -2.41. The number of benzene rings is 2. The van der Waals surface area contributed by atoms with Crippen LogP contribution in [0.2, 0.25) is 0 Å². The fourth-order valence-corrected chi connectivity index (χ4v) is 6.59. The van der Waals surface area contributed by atoms with Gasteiger partial charge in [0.05, 0.1) is 24.1 Å². The summed E-state index contributed by atoms with van der Waals surface area (Å²) in [5.41, 5.74) is 5.81. The van der Waals surface area contributed by atoms with Crippen LogP contribution in [0.15, 0.2) is 58.5 Å². The van der Waals surface area contributed by atoms with E-state index in [0.29, 0.717) is 13.2 Å². The van der Waals surface area contributed by atoms with E-state index in [1.807, 2.05) is 22.8 Å². The van der Waals surface area contributed by atoms with Gasteiger partial charge in [-0.15, -0.1) is 11.3 Å². The topological polar surface area (TPSA) is 44.1 Å². The van der Waals surface area contributed by atoms with E-state index in [-0.39, 0.29) is 11.2 Å². The Labute approximate surface area is 202 Å². The Kier molecular flexibility index (Phi) is 5.93. The molecule has 4 nitrogen and oxygen atoms in total. The molecule has 5 rings (SSSR count). The third-order valence-corrected chi connectivity index (χ3v) is 8.32. The lowest BCUT2D eigenvalue weighted by molar-refractivity contribution is -0.0379. The standard InChI is InChI=1S/C27H28N2O2S2/c1-17-10-11-20(18(2)12-17)16-32-26-28-24-23(21-13-27(3,4)31-15-22(21)33-24)25(30)29(26)14-19-8-6-5-7-9-19/h5-12H,13-16H2,1-4H3. The van der Waals surface area contributed by atoms with Gasteiger partial charge in [-0.2, -0.15) is 0 Å². The van der Waals surface area contributed by atoms with Crippen molar-refractivity contribution in [3.05, 3.63) is 91.6 Å². The fourth-order valence-electron chi connectivity index (χ4n) is 4.37. The Morgan fingerprint density at radius 3 is 2.70 bits per heavy atom. The summed E-state index contributed by atoms with van der Waals surface area (Å²) >= 11 is 3.25. The molecule has 2 aromatic heterocycles. The molecule has 4 aromatic rings. The van der Waals surface area contributed by atoms with E-state index < -0.39 is 0 Å². The van der Waals surface area contributed by atoms with Crippen molar-refractivity contribution in [3.63, 3.8) is 0 Å². The van der Waals surface area contributed by atoms with Gasteiger partial charge in [-0.1, -0.05) is 65.9 Å². The summed E-state index contributed by atoms with van der Waals surface area (Å²) in [7, 11) is 0. The summed E-state index contributed by atoms with van der Waals surface area (Å²) in [6.45, 7) is 9.49. The lowest BCUT2D eigenvalue weighted by Gasteiger charge is -2.29. The molecule has 0 unspecified atom stereocenters. The van der Waals surface area contributed by atoms with Crippen LogP contribution < -0.4 is 5.56 Å². The first kappa shape index (κ1) is 22.4. The van der Waals surface area contributed by atoms with Gasteiger partial charge < -0.3 is 4.74 Å². The predicted molar refractivity (Wildman–Crippen MR) is 137 cm³/mol. The van der Waals surface area contributed by atoms with Gasteiger partial charge in [0, 0.05) is 17.1 Å². The molecular formula is C27H28N2O2S2. The first-order chi connectivity index (χ1) is 15.8. The minimum absolute atomic E-state index is 0.0576. The highest BCUT2D eigenvalue weighted by molar-refractivity contribution is 7.98. The van der Waals surface area contributed by atoms with Gasteiger partial charge in [0.25, 0.3) is 5.56 Å². The molecule has 0 saturated carbocycles. The van der Waals surface area contributed by atoms with Crippen LogP contribution in [0.4, 0.5) is 0 Å². The summed E-state index contributed by atoms with van der Waals surface area (Å²) in [5.74, 6) is 0.778. The molecule has 170 valence electrons. The van der Waals surface area contributed by atoms with E-state index in [1.165, 1.54) is 16.7 Å². The highest BCUT2D eigenvalue weighted by Gasteiger charge is 2.31. The summed E-state index contributed by atoms with van der Waals surface area (Å²) in [6, 6.07) is 16.7. The molecule has 0 amide bonds. The normalized spacial score (nSPS) is 15.0. The van der Waals surface area contributed by atoms with Crippen molar-refractivity contribution in [1.29, 1.82) is 0 Å². The lowest BCUT2D eigenvalue weighted by Crippen LogP contribution is -2.32. The molecular weight excluding hydrogens is 448 g/mol. The van der Waals surface area contributed by atoms with Crippen molar-refractivity contribution >= 4 is 33.3 Å². The van der Waals surface area contributed by atoms with E-state index in [4.69, 9.17) is 9.72 Å². The van der Waals surface area contributed by atoms with Gasteiger partial charge in [0.2, 0.25) is 0 Å². The van der Waals surface area contributed by atoms with Crippen LogP contribution in [-0.4, -0.2) is 15.2 Å². The van der Waals surface area contributed by atoms with Crippen LogP contribution in [0.25, 0.3) is 10.2 Å². The largest absolute Gasteiger partial charge is 0.370 e. The molecule has 0 spiro atoms.